The second-order valence-corrected chi connectivity index (χ2v) is 3.25. The number of allylic oxidation sites excluding steroid dienone is 1. The molecule has 0 aliphatic rings. The molecule has 15 heavy (non-hydrogen) atoms. The number of hydrogen-bond acceptors (Lipinski definition) is 2. The zero-order chi connectivity index (χ0) is 11.1. The lowest BCUT2D eigenvalue weighted by Gasteiger charge is -2.04. The molecule has 0 N–H and O–H groups in total. The fourth-order valence-corrected chi connectivity index (χ4v) is 1.38. The van der Waals surface area contributed by atoms with Gasteiger partial charge in [-0.2, -0.15) is 0 Å². The van der Waals surface area contributed by atoms with Crippen LogP contribution in [0.1, 0.15) is 25.8 Å². The molecule has 0 aromatic heterocycles. The minimum atomic E-state index is -0.241. The van der Waals surface area contributed by atoms with Crippen LogP contribution in [0.3, 0.4) is 0 Å². The molecule has 1 rings (SSSR count). The third-order valence-electron chi connectivity index (χ3n) is 2.14. The molecule has 1 aromatic rings. The summed E-state index contributed by atoms with van der Waals surface area (Å²) in [4.78, 5) is 10.6. The van der Waals surface area contributed by atoms with Crippen molar-refractivity contribution >= 4 is 11.5 Å². The lowest BCUT2D eigenvalue weighted by atomic mass is 10.0. The summed E-state index contributed by atoms with van der Waals surface area (Å²) < 4.78 is 4.88. The van der Waals surface area contributed by atoms with E-state index in [2.05, 4.69) is 19.1 Å². The Balaban J connectivity index is 2.67. The summed E-state index contributed by atoms with van der Waals surface area (Å²) in [5, 5.41) is 0. The zero-order valence-electron chi connectivity index (χ0n) is 9.19. The first kappa shape index (κ1) is 11.5. The SMILES string of the molecule is CC/C(=C\COC(C)=O)c1ccccc1. The summed E-state index contributed by atoms with van der Waals surface area (Å²) in [6.45, 7) is 3.86. The molecular formula is C13H16O2. The van der Waals surface area contributed by atoms with Crippen molar-refractivity contribution in [2.24, 2.45) is 0 Å². The molecule has 0 unspecified atom stereocenters. The van der Waals surface area contributed by atoms with Gasteiger partial charge in [0.1, 0.15) is 6.61 Å². The average Bonchev–Trinajstić information content (AvgIpc) is 2.25. The number of ether oxygens (including phenoxy) is 1. The molecule has 0 aliphatic heterocycles. The molecule has 1 aromatic carbocycles. The van der Waals surface area contributed by atoms with Gasteiger partial charge in [0.25, 0.3) is 0 Å². The highest BCUT2D eigenvalue weighted by Crippen LogP contribution is 2.16. The molecule has 0 amide bonds. The van der Waals surface area contributed by atoms with Crippen LogP contribution in [-0.2, 0) is 9.53 Å². The third kappa shape index (κ3) is 3.98. The highest BCUT2D eigenvalue weighted by Gasteiger charge is 1.98. The molecule has 0 saturated carbocycles. The Bertz CT molecular complexity index is 339. The molecule has 0 spiro atoms. The first-order chi connectivity index (χ1) is 7.24. The van der Waals surface area contributed by atoms with Crippen molar-refractivity contribution in [2.75, 3.05) is 6.61 Å². The van der Waals surface area contributed by atoms with Gasteiger partial charge < -0.3 is 4.74 Å². The standard InChI is InChI=1S/C13H16O2/c1-3-12(9-10-15-11(2)14)13-7-5-4-6-8-13/h4-9H,3,10H2,1-2H3/b12-9+. The van der Waals surface area contributed by atoms with Crippen LogP contribution >= 0.6 is 0 Å². The topological polar surface area (TPSA) is 26.3 Å². The predicted molar refractivity (Wildman–Crippen MR) is 61.3 cm³/mol. The average molecular weight is 204 g/mol. The van der Waals surface area contributed by atoms with E-state index >= 15 is 0 Å². The van der Waals surface area contributed by atoms with Crippen LogP contribution in [0.25, 0.3) is 5.57 Å². The van der Waals surface area contributed by atoms with E-state index in [9.17, 15) is 4.79 Å². The number of carbonyl (C=O) groups excluding carboxylic acids is 1. The van der Waals surface area contributed by atoms with Gasteiger partial charge in [-0.05, 0) is 23.6 Å². The van der Waals surface area contributed by atoms with Gasteiger partial charge in [-0.15, -0.1) is 0 Å². The van der Waals surface area contributed by atoms with Gasteiger partial charge in [0, 0.05) is 6.92 Å². The van der Waals surface area contributed by atoms with Gasteiger partial charge in [-0.3, -0.25) is 4.79 Å². The molecule has 2 nitrogen and oxygen atoms in total. The lowest BCUT2D eigenvalue weighted by Crippen LogP contribution is -1.98. The second-order valence-electron chi connectivity index (χ2n) is 3.25. The molecule has 0 saturated heterocycles. The van der Waals surface area contributed by atoms with Crippen LogP contribution in [-0.4, -0.2) is 12.6 Å². The Labute approximate surface area is 90.6 Å². The monoisotopic (exact) mass is 204 g/mol. The molecule has 0 aliphatic carbocycles. The Morgan fingerprint density at radius 1 is 1.33 bits per heavy atom. The molecule has 0 fully saturated rings. The molecule has 0 bridgehead atoms. The van der Waals surface area contributed by atoms with E-state index in [0.29, 0.717) is 6.61 Å². The molecule has 0 atom stereocenters. The van der Waals surface area contributed by atoms with Crippen LogP contribution in [0, 0.1) is 0 Å². The van der Waals surface area contributed by atoms with Crippen molar-refractivity contribution in [1.82, 2.24) is 0 Å². The van der Waals surface area contributed by atoms with E-state index < -0.39 is 0 Å². The Kier molecular flexibility index (Phi) is 4.61. The van der Waals surface area contributed by atoms with Crippen LogP contribution < -0.4 is 0 Å². The Hall–Kier alpha value is -1.57. The lowest BCUT2D eigenvalue weighted by molar-refractivity contribution is -0.139. The van der Waals surface area contributed by atoms with Crippen LogP contribution in [0.4, 0.5) is 0 Å². The summed E-state index contributed by atoms with van der Waals surface area (Å²) in [5.74, 6) is -0.241. The van der Waals surface area contributed by atoms with Crippen LogP contribution in [0.5, 0.6) is 0 Å². The molecule has 0 radical (unpaired) electrons. The van der Waals surface area contributed by atoms with Crippen molar-refractivity contribution in [1.29, 1.82) is 0 Å². The summed E-state index contributed by atoms with van der Waals surface area (Å²) in [6, 6.07) is 10.1. The maximum Gasteiger partial charge on any atom is 0.302 e. The summed E-state index contributed by atoms with van der Waals surface area (Å²) in [7, 11) is 0. The van der Waals surface area contributed by atoms with Gasteiger partial charge in [0.05, 0.1) is 0 Å². The van der Waals surface area contributed by atoms with Crippen LogP contribution in [0.2, 0.25) is 0 Å². The summed E-state index contributed by atoms with van der Waals surface area (Å²) in [5.41, 5.74) is 2.39. The maximum atomic E-state index is 10.6. The van der Waals surface area contributed by atoms with Crippen molar-refractivity contribution < 1.29 is 9.53 Å². The fourth-order valence-electron chi connectivity index (χ4n) is 1.38. The number of benzene rings is 1. The summed E-state index contributed by atoms with van der Waals surface area (Å²) >= 11 is 0. The predicted octanol–water partition coefficient (Wildman–Crippen LogP) is 3.04. The number of hydrogen-bond donors (Lipinski definition) is 0. The minimum Gasteiger partial charge on any atom is -0.462 e. The first-order valence-electron chi connectivity index (χ1n) is 5.12. The van der Waals surface area contributed by atoms with Crippen molar-refractivity contribution in [3.05, 3.63) is 42.0 Å². The van der Waals surface area contributed by atoms with Crippen molar-refractivity contribution in [2.45, 2.75) is 20.3 Å². The number of carbonyl (C=O) groups is 1. The zero-order valence-corrected chi connectivity index (χ0v) is 9.19. The van der Waals surface area contributed by atoms with Gasteiger partial charge in [-0.25, -0.2) is 0 Å². The quantitative estimate of drug-likeness (QED) is 0.704. The summed E-state index contributed by atoms with van der Waals surface area (Å²) in [6.07, 6.45) is 2.89. The van der Waals surface area contributed by atoms with E-state index in [0.717, 1.165) is 6.42 Å². The molecular weight excluding hydrogens is 188 g/mol. The Morgan fingerprint density at radius 3 is 2.53 bits per heavy atom. The molecule has 0 heterocycles. The van der Waals surface area contributed by atoms with E-state index in [4.69, 9.17) is 4.74 Å². The van der Waals surface area contributed by atoms with Crippen LogP contribution in [0.15, 0.2) is 36.4 Å². The van der Waals surface area contributed by atoms with Gasteiger partial charge in [0.2, 0.25) is 0 Å². The highest BCUT2D eigenvalue weighted by atomic mass is 16.5. The van der Waals surface area contributed by atoms with Gasteiger partial charge in [0.15, 0.2) is 0 Å². The van der Waals surface area contributed by atoms with E-state index in [1.54, 1.807) is 0 Å². The maximum absolute atomic E-state index is 10.6. The van der Waals surface area contributed by atoms with Crippen molar-refractivity contribution in [3.8, 4) is 0 Å². The first-order valence-corrected chi connectivity index (χ1v) is 5.12. The molecule has 80 valence electrons. The Morgan fingerprint density at radius 2 is 2.00 bits per heavy atom. The van der Waals surface area contributed by atoms with E-state index in [-0.39, 0.29) is 5.97 Å². The third-order valence-corrected chi connectivity index (χ3v) is 2.14. The van der Waals surface area contributed by atoms with Crippen molar-refractivity contribution in [3.63, 3.8) is 0 Å². The van der Waals surface area contributed by atoms with Gasteiger partial charge >= 0.3 is 5.97 Å². The smallest absolute Gasteiger partial charge is 0.302 e. The molecule has 2 heteroatoms. The van der Waals surface area contributed by atoms with Gasteiger partial charge in [-0.1, -0.05) is 37.3 Å². The normalized spacial score (nSPS) is 11.2. The van der Waals surface area contributed by atoms with E-state index in [1.165, 1.54) is 18.1 Å². The second kappa shape index (κ2) is 6.02. The highest BCUT2D eigenvalue weighted by molar-refractivity contribution is 5.68. The largest absolute Gasteiger partial charge is 0.462 e. The fraction of sp³-hybridized carbons (Fsp3) is 0.308. The van der Waals surface area contributed by atoms with E-state index in [1.807, 2.05) is 24.3 Å². The number of esters is 1. The minimum absolute atomic E-state index is 0.241. The number of rotatable bonds is 4.